The van der Waals surface area contributed by atoms with E-state index in [1.54, 1.807) is 0 Å². The van der Waals surface area contributed by atoms with Gasteiger partial charge in [-0.2, -0.15) is 0 Å². The van der Waals surface area contributed by atoms with Crippen molar-refractivity contribution >= 4 is 12.1 Å². The molecule has 6 nitrogen and oxygen atoms in total. The van der Waals surface area contributed by atoms with Gasteiger partial charge in [0.15, 0.2) is 0 Å². The highest BCUT2D eigenvalue weighted by Gasteiger charge is 2.31. The lowest BCUT2D eigenvalue weighted by molar-refractivity contribution is -0.141. The van der Waals surface area contributed by atoms with Gasteiger partial charge in [0.1, 0.15) is 5.60 Å². The number of alkyl carbamates (subject to hydrolysis) is 1. The van der Waals surface area contributed by atoms with Gasteiger partial charge in [-0.05, 0) is 20.8 Å². The second-order valence-electron chi connectivity index (χ2n) is 5.45. The fraction of sp³-hybridized carbons (Fsp3) is 0.833. The first-order valence-electron chi connectivity index (χ1n) is 6.09. The molecule has 0 spiro atoms. The van der Waals surface area contributed by atoms with Gasteiger partial charge < -0.3 is 20.1 Å². The van der Waals surface area contributed by atoms with Crippen LogP contribution in [0.4, 0.5) is 4.79 Å². The van der Waals surface area contributed by atoms with E-state index < -0.39 is 11.7 Å². The fourth-order valence-corrected chi connectivity index (χ4v) is 1.87. The predicted molar refractivity (Wildman–Crippen MR) is 66.2 cm³/mol. The molecule has 2 N–H and O–H groups in total. The lowest BCUT2D eigenvalue weighted by atomic mass is 10.00. The van der Waals surface area contributed by atoms with Crippen molar-refractivity contribution in [2.45, 2.75) is 38.8 Å². The van der Waals surface area contributed by atoms with Crippen LogP contribution in [0.25, 0.3) is 0 Å². The van der Waals surface area contributed by atoms with Crippen LogP contribution in [0.1, 0.15) is 27.2 Å². The number of amides is 1. The molecule has 104 valence electrons. The minimum absolute atomic E-state index is 0.0463. The summed E-state index contributed by atoms with van der Waals surface area (Å²) in [7, 11) is 1.36. The second kappa shape index (κ2) is 6.04. The number of esters is 1. The van der Waals surface area contributed by atoms with Crippen molar-refractivity contribution in [1.82, 2.24) is 10.6 Å². The van der Waals surface area contributed by atoms with Crippen LogP contribution in [0.2, 0.25) is 0 Å². The standard InChI is InChI=1S/C12H22N2O4/c1-12(2,3)18-11(16)14-9-7-13-6-8(9)5-10(15)17-4/h8-9,13H,5-7H2,1-4H3,(H,14,16)/t8-,9-/m1/s1. The van der Waals surface area contributed by atoms with E-state index in [-0.39, 0.29) is 17.9 Å². The number of methoxy groups -OCH3 is 1. The molecule has 1 aliphatic heterocycles. The maximum atomic E-state index is 11.6. The highest BCUT2D eigenvalue weighted by Crippen LogP contribution is 2.15. The molecule has 1 fully saturated rings. The van der Waals surface area contributed by atoms with Crippen molar-refractivity contribution in [1.29, 1.82) is 0 Å². The lowest BCUT2D eigenvalue weighted by Crippen LogP contribution is -2.43. The molecule has 0 aromatic rings. The summed E-state index contributed by atoms with van der Waals surface area (Å²) in [6.07, 6.45) is -0.157. The van der Waals surface area contributed by atoms with Crippen LogP contribution in [0, 0.1) is 5.92 Å². The van der Waals surface area contributed by atoms with Gasteiger partial charge >= 0.3 is 12.1 Å². The molecule has 0 saturated carbocycles. The predicted octanol–water partition coefficient (Wildman–Crippen LogP) is 0.662. The maximum absolute atomic E-state index is 11.6. The Bertz CT molecular complexity index is 312. The largest absolute Gasteiger partial charge is 0.469 e. The van der Waals surface area contributed by atoms with Gasteiger partial charge in [0, 0.05) is 25.0 Å². The van der Waals surface area contributed by atoms with Gasteiger partial charge in [-0.25, -0.2) is 4.79 Å². The molecule has 2 atom stereocenters. The fourth-order valence-electron chi connectivity index (χ4n) is 1.87. The summed E-state index contributed by atoms with van der Waals surface area (Å²) in [5.74, 6) is -0.218. The van der Waals surface area contributed by atoms with Crippen molar-refractivity contribution in [2.24, 2.45) is 5.92 Å². The first-order chi connectivity index (χ1) is 8.31. The number of hydrogen-bond acceptors (Lipinski definition) is 5. The van der Waals surface area contributed by atoms with E-state index in [1.807, 2.05) is 20.8 Å². The third-order valence-electron chi connectivity index (χ3n) is 2.70. The molecule has 0 bridgehead atoms. The zero-order chi connectivity index (χ0) is 13.8. The maximum Gasteiger partial charge on any atom is 0.407 e. The van der Waals surface area contributed by atoms with Crippen molar-refractivity contribution < 1.29 is 19.1 Å². The Labute approximate surface area is 107 Å². The Kier molecular flexibility index (Phi) is 4.95. The first-order valence-corrected chi connectivity index (χ1v) is 6.09. The van der Waals surface area contributed by atoms with Gasteiger partial charge in [0.2, 0.25) is 0 Å². The number of rotatable bonds is 3. The molecule has 0 radical (unpaired) electrons. The molecule has 1 saturated heterocycles. The second-order valence-corrected chi connectivity index (χ2v) is 5.45. The zero-order valence-corrected chi connectivity index (χ0v) is 11.4. The van der Waals surface area contributed by atoms with Crippen molar-refractivity contribution in [3.63, 3.8) is 0 Å². The van der Waals surface area contributed by atoms with E-state index in [2.05, 4.69) is 15.4 Å². The van der Waals surface area contributed by atoms with Gasteiger partial charge in [-0.15, -0.1) is 0 Å². The average Bonchev–Trinajstić information content (AvgIpc) is 2.62. The van der Waals surface area contributed by atoms with E-state index in [0.717, 1.165) is 0 Å². The molecule has 0 aromatic carbocycles. The quantitative estimate of drug-likeness (QED) is 0.727. The van der Waals surface area contributed by atoms with Crippen molar-refractivity contribution in [3.8, 4) is 0 Å². The van der Waals surface area contributed by atoms with Crippen LogP contribution in [-0.4, -0.2) is 43.9 Å². The van der Waals surface area contributed by atoms with Crippen molar-refractivity contribution in [3.05, 3.63) is 0 Å². The van der Waals surface area contributed by atoms with Gasteiger partial charge in [-0.3, -0.25) is 4.79 Å². The molecule has 18 heavy (non-hydrogen) atoms. The molecular formula is C12H22N2O4. The Morgan fingerprint density at radius 2 is 2.00 bits per heavy atom. The molecule has 1 amide bonds. The highest BCUT2D eigenvalue weighted by molar-refractivity contribution is 5.70. The minimum atomic E-state index is -0.520. The molecule has 1 aliphatic rings. The Balaban J connectivity index is 2.45. The summed E-state index contributed by atoms with van der Waals surface area (Å²) in [4.78, 5) is 22.9. The summed E-state index contributed by atoms with van der Waals surface area (Å²) >= 11 is 0. The SMILES string of the molecule is COC(=O)C[C@@H]1CNC[C@H]1NC(=O)OC(C)(C)C. The van der Waals surface area contributed by atoms with Crippen LogP contribution < -0.4 is 10.6 Å². The Morgan fingerprint density at radius 3 is 2.56 bits per heavy atom. The summed E-state index contributed by atoms with van der Waals surface area (Å²) in [5, 5.41) is 5.93. The third-order valence-corrected chi connectivity index (χ3v) is 2.70. The van der Waals surface area contributed by atoms with E-state index in [9.17, 15) is 9.59 Å². The Morgan fingerprint density at radius 1 is 1.33 bits per heavy atom. The van der Waals surface area contributed by atoms with Crippen LogP contribution in [0.3, 0.4) is 0 Å². The van der Waals surface area contributed by atoms with Crippen LogP contribution in [0.5, 0.6) is 0 Å². The number of carbonyl (C=O) groups is 2. The molecular weight excluding hydrogens is 236 g/mol. The molecule has 0 aromatic heterocycles. The number of nitrogens with one attached hydrogen (secondary N) is 2. The van der Waals surface area contributed by atoms with Crippen LogP contribution in [-0.2, 0) is 14.3 Å². The molecule has 6 heteroatoms. The number of carbonyl (C=O) groups excluding carboxylic acids is 2. The van der Waals surface area contributed by atoms with E-state index in [1.165, 1.54) is 7.11 Å². The highest BCUT2D eigenvalue weighted by atomic mass is 16.6. The first kappa shape index (κ1) is 14.8. The summed E-state index contributed by atoms with van der Waals surface area (Å²) < 4.78 is 9.82. The molecule has 0 aliphatic carbocycles. The van der Waals surface area contributed by atoms with Crippen molar-refractivity contribution in [2.75, 3.05) is 20.2 Å². The minimum Gasteiger partial charge on any atom is -0.469 e. The lowest BCUT2D eigenvalue weighted by Gasteiger charge is -2.23. The smallest absolute Gasteiger partial charge is 0.407 e. The molecule has 1 rings (SSSR count). The zero-order valence-electron chi connectivity index (χ0n) is 11.4. The topological polar surface area (TPSA) is 76.7 Å². The Hall–Kier alpha value is -1.30. The molecule has 1 heterocycles. The third kappa shape index (κ3) is 4.91. The number of ether oxygens (including phenoxy) is 2. The number of hydrogen-bond donors (Lipinski definition) is 2. The molecule has 0 unspecified atom stereocenters. The van der Waals surface area contributed by atoms with Crippen LogP contribution >= 0.6 is 0 Å². The normalized spacial score (nSPS) is 23.6. The van der Waals surface area contributed by atoms with E-state index in [4.69, 9.17) is 4.74 Å². The summed E-state index contributed by atoms with van der Waals surface area (Å²) in [6, 6.07) is -0.0982. The van der Waals surface area contributed by atoms with E-state index >= 15 is 0 Å². The van der Waals surface area contributed by atoms with Gasteiger partial charge in [0.05, 0.1) is 13.5 Å². The monoisotopic (exact) mass is 258 g/mol. The van der Waals surface area contributed by atoms with Gasteiger partial charge in [-0.1, -0.05) is 0 Å². The van der Waals surface area contributed by atoms with E-state index in [0.29, 0.717) is 19.5 Å². The van der Waals surface area contributed by atoms with Gasteiger partial charge in [0.25, 0.3) is 0 Å². The van der Waals surface area contributed by atoms with Crippen LogP contribution in [0.15, 0.2) is 0 Å². The summed E-state index contributed by atoms with van der Waals surface area (Å²) in [6.45, 7) is 6.76. The summed E-state index contributed by atoms with van der Waals surface area (Å²) in [5.41, 5.74) is -0.520. The average molecular weight is 258 g/mol.